The molecule has 0 atom stereocenters. The standard InChI is InChI=1S/C13H14O2/c1-9(14)12-5-3-4-10-6-7-11(15-2)8-13(10)12/h5-8H,3-4H2,1-2H3. The van der Waals surface area contributed by atoms with Gasteiger partial charge in [0.05, 0.1) is 7.11 Å². The Bertz CT molecular complexity index is 430. The summed E-state index contributed by atoms with van der Waals surface area (Å²) in [6.45, 7) is 1.61. The molecular formula is C13H14O2. The molecule has 2 heteroatoms. The lowest BCUT2D eigenvalue weighted by Crippen LogP contribution is -2.05. The number of ether oxygens (including phenoxy) is 1. The molecule has 0 fully saturated rings. The fourth-order valence-corrected chi connectivity index (χ4v) is 1.97. The summed E-state index contributed by atoms with van der Waals surface area (Å²) >= 11 is 0. The molecule has 0 saturated carbocycles. The van der Waals surface area contributed by atoms with E-state index in [1.807, 2.05) is 24.3 Å². The highest BCUT2D eigenvalue weighted by atomic mass is 16.5. The molecule has 2 rings (SSSR count). The molecule has 0 unspecified atom stereocenters. The van der Waals surface area contributed by atoms with Crippen molar-refractivity contribution in [3.8, 4) is 5.75 Å². The number of ketones is 1. The molecule has 1 aliphatic carbocycles. The lowest BCUT2D eigenvalue weighted by atomic mass is 9.89. The van der Waals surface area contributed by atoms with E-state index >= 15 is 0 Å². The molecule has 0 bridgehead atoms. The van der Waals surface area contributed by atoms with Crippen LogP contribution in [0.3, 0.4) is 0 Å². The maximum Gasteiger partial charge on any atom is 0.160 e. The summed E-state index contributed by atoms with van der Waals surface area (Å²) in [5.41, 5.74) is 3.10. The highest BCUT2D eigenvalue weighted by molar-refractivity contribution is 6.20. The second-order valence-electron chi connectivity index (χ2n) is 3.74. The molecule has 1 aromatic carbocycles. The molecule has 1 aromatic rings. The third-order valence-corrected chi connectivity index (χ3v) is 2.75. The van der Waals surface area contributed by atoms with E-state index in [2.05, 4.69) is 0 Å². The minimum Gasteiger partial charge on any atom is -0.497 e. The van der Waals surface area contributed by atoms with E-state index in [0.717, 1.165) is 29.7 Å². The molecule has 0 N–H and O–H groups in total. The predicted octanol–water partition coefficient (Wildman–Crippen LogP) is 2.61. The second-order valence-corrected chi connectivity index (χ2v) is 3.74. The fourth-order valence-electron chi connectivity index (χ4n) is 1.97. The molecule has 0 radical (unpaired) electrons. The van der Waals surface area contributed by atoms with E-state index in [1.54, 1.807) is 14.0 Å². The zero-order chi connectivity index (χ0) is 10.8. The number of rotatable bonds is 2. The van der Waals surface area contributed by atoms with Crippen LogP contribution in [0.4, 0.5) is 0 Å². The highest BCUT2D eigenvalue weighted by Crippen LogP contribution is 2.30. The number of benzene rings is 1. The van der Waals surface area contributed by atoms with Crippen molar-refractivity contribution in [3.63, 3.8) is 0 Å². The van der Waals surface area contributed by atoms with Crippen LogP contribution < -0.4 is 4.74 Å². The number of fused-ring (bicyclic) bond motifs is 1. The summed E-state index contributed by atoms with van der Waals surface area (Å²) in [6.07, 6.45) is 3.98. The van der Waals surface area contributed by atoms with Crippen molar-refractivity contribution in [2.75, 3.05) is 7.11 Å². The average molecular weight is 202 g/mol. The molecule has 0 heterocycles. The van der Waals surface area contributed by atoms with Crippen molar-refractivity contribution in [3.05, 3.63) is 35.4 Å². The van der Waals surface area contributed by atoms with Crippen LogP contribution in [0.2, 0.25) is 0 Å². The summed E-state index contributed by atoms with van der Waals surface area (Å²) in [7, 11) is 1.64. The molecule has 0 spiro atoms. The zero-order valence-electron chi connectivity index (χ0n) is 9.04. The topological polar surface area (TPSA) is 26.3 Å². The maximum absolute atomic E-state index is 11.5. The van der Waals surface area contributed by atoms with Crippen molar-refractivity contribution in [2.24, 2.45) is 0 Å². The number of hydrogen-bond donors (Lipinski definition) is 0. The zero-order valence-corrected chi connectivity index (χ0v) is 9.04. The van der Waals surface area contributed by atoms with E-state index in [4.69, 9.17) is 4.74 Å². The second kappa shape index (κ2) is 3.89. The summed E-state index contributed by atoms with van der Waals surface area (Å²) in [5, 5.41) is 0. The van der Waals surface area contributed by atoms with Gasteiger partial charge in [-0.25, -0.2) is 0 Å². The Morgan fingerprint density at radius 1 is 1.40 bits per heavy atom. The van der Waals surface area contributed by atoms with Crippen LogP contribution in [-0.4, -0.2) is 12.9 Å². The van der Waals surface area contributed by atoms with Gasteiger partial charge in [0.2, 0.25) is 0 Å². The Morgan fingerprint density at radius 2 is 2.20 bits per heavy atom. The number of aryl methyl sites for hydroxylation is 1. The smallest absolute Gasteiger partial charge is 0.160 e. The largest absolute Gasteiger partial charge is 0.497 e. The highest BCUT2D eigenvalue weighted by Gasteiger charge is 2.16. The van der Waals surface area contributed by atoms with Gasteiger partial charge in [-0.15, -0.1) is 0 Å². The third-order valence-electron chi connectivity index (χ3n) is 2.75. The first-order valence-electron chi connectivity index (χ1n) is 5.11. The van der Waals surface area contributed by atoms with Crippen LogP contribution in [0.15, 0.2) is 24.3 Å². The quantitative estimate of drug-likeness (QED) is 0.736. The Morgan fingerprint density at radius 3 is 2.87 bits per heavy atom. The first kappa shape index (κ1) is 9.97. The summed E-state index contributed by atoms with van der Waals surface area (Å²) in [4.78, 5) is 11.5. The lowest BCUT2D eigenvalue weighted by molar-refractivity contribution is -0.111. The first-order chi connectivity index (χ1) is 7.22. The molecular weight excluding hydrogens is 188 g/mol. The Kier molecular flexibility index (Phi) is 2.58. The number of Topliss-reactive ketones (excluding diaryl/α,β-unsaturated/α-hetero) is 1. The maximum atomic E-state index is 11.5. The van der Waals surface area contributed by atoms with Crippen LogP contribution in [0.5, 0.6) is 5.75 Å². The van der Waals surface area contributed by atoms with Gasteiger partial charge in [-0.1, -0.05) is 12.1 Å². The summed E-state index contributed by atoms with van der Waals surface area (Å²) in [5.74, 6) is 0.937. The van der Waals surface area contributed by atoms with E-state index < -0.39 is 0 Å². The van der Waals surface area contributed by atoms with E-state index in [0.29, 0.717) is 0 Å². The number of carbonyl (C=O) groups excluding carboxylic acids is 1. The summed E-state index contributed by atoms with van der Waals surface area (Å²) < 4.78 is 5.17. The van der Waals surface area contributed by atoms with Crippen LogP contribution in [0, 0.1) is 0 Å². The average Bonchev–Trinajstić information content (AvgIpc) is 2.27. The van der Waals surface area contributed by atoms with E-state index in [9.17, 15) is 4.79 Å². The number of methoxy groups -OCH3 is 1. The number of carbonyl (C=O) groups is 1. The molecule has 78 valence electrons. The summed E-state index contributed by atoms with van der Waals surface area (Å²) in [6, 6.07) is 5.94. The van der Waals surface area contributed by atoms with Crippen molar-refractivity contribution >= 4 is 11.4 Å². The van der Waals surface area contributed by atoms with Gasteiger partial charge in [-0.05, 0) is 43.0 Å². The van der Waals surface area contributed by atoms with Crippen molar-refractivity contribution < 1.29 is 9.53 Å². The molecule has 0 aliphatic heterocycles. The van der Waals surface area contributed by atoms with Gasteiger partial charge in [0.25, 0.3) is 0 Å². The fraction of sp³-hybridized carbons (Fsp3) is 0.308. The van der Waals surface area contributed by atoms with E-state index in [1.165, 1.54) is 5.56 Å². The predicted molar refractivity (Wildman–Crippen MR) is 60.0 cm³/mol. The van der Waals surface area contributed by atoms with Gasteiger partial charge >= 0.3 is 0 Å². The van der Waals surface area contributed by atoms with Crippen LogP contribution in [-0.2, 0) is 11.2 Å². The number of hydrogen-bond acceptors (Lipinski definition) is 2. The molecule has 15 heavy (non-hydrogen) atoms. The van der Waals surface area contributed by atoms with Gasteiger partial charge in [-0.3, -0.25) is 4.79 Å². The molecule has 0 aromatic heterocycles. The Hall–Kier alpha value is -1.57. The lowest BCUT2D eigenvalue weighted by Gasteiger charge is -2.16. The SMILES string of the molecule is COc1ccc2c(c1)C(C(C)=O)=CCC2. The Balaban J connectivity index is 2.52. The minimum atomic E-state index is 0.129. The van der Waals surface area contributed by atoms with Gasteiger partial charge in [0, 0.05) is 5.57 Å². The van der Waals surface area contributed by atoms with Gasteiger partial charge in [0.15, 0.2) is 5.78 Å². The third kappa shape index (κ3) is 1.80. The van der Waals surface area contributed by atoms with Crippen LogP contribution >= 0.6 is 0 Å². The monoisotopic (exact) mass is 202 g/mol. The van der Waals surface area contributed by atoms with Gasteiger partial charge in [-0.2, -0.15) is 0 Å². The molecule has 1 aliphatic rings. The van der Waals surface area contributed by atoms with Crippen LogP contribution in [0.25, 0.3) is 5.57 Å². The van der Waals surface area contributed by atoms with Crippen molar-refractivity contribution in [1.29, 1.82) is 0 Å². The first-order valence-corrected chi connectivity index (χ1v) is 5.11. The molecule has 2 nitrogen and oxygen atoms in total. The molecule has 0 saturated heterocycles. The van der Waals surface area contributed by atoms with Gasteiger partial charge in [0.1, 0.15) is 5.75 Å². The van der Waals surface area contributed by atoms with Crippen LogP contribution in [0.1, 0.15) is 24.5 Å². The van der Waals surface area contributed by atoms with Crippen molar-refractivity contribution in [1.82, 2.24) is 0 Å². The van der Waals surface area contributed by atoms with Crippen molar-refractivity contribution in [2.45, 2.75) is 19.8 Å². The Labute approximate surface area is 89.6 Å². The normalized spacial score (nSPS) is 14.1. The number of allylic oxidation sites excluding steroid dienone is 2. The molecule has 0 amide bonds. The minimum absolute atomic E-state index is 0.129. The van der Waals surface area contributed by atoms with Gasteiger partial charge < -0.3 is 4.74 Å². The van der Waals surface area contributed by atoms with E-state index in [-0.39, 0.29) is 5.78 Å².